The topological polar surface area (TPSA) is 72.5 Å². The van der Waals surface area contributed by atoms with E-state index in [1.54, 1.807) is 13.8 Å². The molecule has 0 spiro atoms. The summed E-state index contributed by atoms with van der Waals surface area (Å²) in [6.07, 6.45) is 0. The van der Waals surface area contributed by atoms with E-state index in [0.29, 0.717) is 5.02 Å². The number of ether oxygens (including phenoxy) is 1. The molecule has 1 rings (SSSR count). The van der Waals surface area contributed by atoms with Crippen LogP contribution in [0.4, 0.5) is 0 Å². The normalized spacial score (nSPS) is 12.5. The first-order valence-corrected chi connectivity index (χ1v) is 5.99. The van der Waals surface area contributed by atoms with Gasteiger partial charge in [0.25, 0.3) is 0 Å². The molecular formula is C12H16Cl3NO3. The molecule has 19 heavy (non-hydrogen) atoms. The van der Waals surface area contributed by atoms with Crippen LogP contribution in [0.1, 0.15) is 25.5 Å². The van der Waals surface area contributed by atoms with Crippen LogP contribution in [0, 0.1) is 5.41 Å². The van der Waals surface area contributed by atoms with Crippen molar-refractivity contribution < 1.29 is 14.6 Å². The Balaban J connectivity index is 0.00000324. The molecule has 0 heterocycles. The fraction of sp³-hybridized carbons (Fsp3) is 0.417. The predicted molar refractivity (Wildman–Crippen MR) is 78.1 cm³/mol. The Labute approximate surface area is 128 Å². The molecule has 108 valence electrons. The van der Waals surface area contributed by atoms with Gasteiger partial charge in [-0.15, -0.1) is 12.4 Å². The number of benzene rings is 1. The highest BCUT2D eigenvalue weighted by atomic mass is 35.5. The predicted octanol–water partition coefficient (Wildman–Crippen LogP) is 3.32. The number of carbonyl (C=O) groups is 1. The molecule has 1 atom stereocenters. The molecule has 0 aliphatic heterocycles. The van der Waals surface area contributed by atoms with Gasteiger partial charge in [-0.1, -0.05) is 23.2 Å². The number of phenolic OH excluding ortho intramolecular Hbond substituents is 1. The molecule has 0 radical (unpaired) electrons. The summed E-state index contributed by atoms with van der Waals surface area (Å²) in [5, 5.41) is 10.4. The Kier molecular flexibility index (Phi) is 6.42. The van der Waals surface area contributed by atoms with E-state index in [1.165, 1.54) is 19.2 Å². The van der Waals surface area contributed by atoms with Crippen LogP contribution in [0.25, 0.3) is 0 Å². The summed E-state index contributed by atoms with van der Waals surface area (Å²) in [6.45, 7) is 3.24. The zero-order valence-corrected chi connectivity index (χ0v) is 13.1. The van der Waals surface area contributed by atoms with E-state index in [9.17, 15) is 9.90 Å². The fourth-order valence-electron chi connectivity index (χ4n) is 1.63. The van der Waals surface area contributed by atoms with E-state index in [-0.39, 0.29) is 28.7 Å². The minimum atomic E-state index is -1.02. The molecule has 3 N–H and O–H groups in total. The lowest BCUT2D eigenvalue weighted by molar-refractivity contribution is -0.152. The highest BCUT2D eigenvalue weighted by Gasteiger charge is 2.38. The molecule has 0 aliphatic rings. The SMILES string of the molecule is COC(=O)C(C)(C)[C@@H](N)c1c(O)cc(Cl)cc1Cl.Cl. The number of hydrogen-bond donors (Lipinski definition) is 2. The molecule has 0 unspecified atom stereocenters. The number of rotatable bonds is 3. The van der Waals surface area contributed by atoms with E-state index in [2.05, 4.69) is 0 Å². The van der Waals surface area contributed by atoms with Crippen molar-refractivity contribution >= 4 is 41.6 Å². The minimum Gasteiger partial charge on any atom is -0.508 e. The van der Waals surface area contributed by atoms with E-state index >= 15 is 0 Å². The number of halogens is 3. The van der Waals surface area contributed by atoms with Crippen LogP contribution in [-0.2, 0) is 9.53 Å². The second-order valence-electron chi connectivity index (χ2n) is 4.51. The van der Waals surface area contributed by atoms with Crippen LogP contribution in [0.5, 0.6) is 5.75 Å². The summed E-state index contributed by atoms with van der Waals surface area (Å²) in [5.74, 6) is -0.627. The van der Waals surface area contributed by atoms with Crippen LogP contribution in [-0.4, -0.2) is 18.2 Å². The summed E-state index contributed by atoms with van der Waals surface area (Å²) in [4.78, 5) is 11.7. The van der Waals surface area contributed by atoms with Crippen molar-refractivity contribution in [3.8, 4) is 5.75 Å². The molecule has 0 saturated carbocycles. The lowest BCUT2D eigenvalue weighted by Crippen LogP contribution is -2.37. The van der Waals surface area contributed by atoms with E-state index in [0.717, 1.165) is 0 Å². The molecule has 4 nitrogen and oxygen atoms in total. The van der Waals surface area contributed by atoms with Gasteiger partial charge in [-0.2, -0.15) is 0 Å². The standard InChI is InChI=1S/C12H15Cl2NO3.ClH/c1-12(2,11(17)18-3)10(15)9-7(14)4-6(13)5-8(9)16;/h4-5,10,16H,15H2,1-3H3;1H/t10-;/m0./s1. The fourth-order valence-corrected chi connectivity index (χ4v) is 2.23. The molecule has 0 bridgehead atoms. The molecule has 0 amide bonds. The Morgan fingerprint density at radius 2 is 1.95 bits per heavy atom. The highest BCUT2D eigenvalue weighted by Crippen LogP contribution is 2.41. The van der Waals surface area contributed by atoms with Crippen molar-refractivity contribution in [1.82, 2.24) is 0 Å². The zero-order valence-electron chi connectivity index (χ0n) is 10.7. The van der Waals surface area contributed by atoms with Crippen LogP contribution in [0.3, 0.4) is 0 Å². The average Bonchev–Trinajstić information content (AvgIpc) is 2.26. The third-order valence-electron chi connectivity index (χ3n) is 2.87. The first kappa shape index (κ1) is 18.3. The van der Waals surface area contributed by atoms with Crippen LogP contribution < -0.4 is 5.73 Å². The Morgan fingerprint density at radius 3 is 2.37 bits per heavy atom. The van der Waals surface area contributed by atoms with Gasteiger partial charge in [0.2, 0.25) is 0 Å². The molecule has 7 heteroatoms. The monoisotopic (exact) mass is 327 g/mol. The smallest absolute Gasteiger partial charge is 0.313 e. The Morgan fingerprint density at radius 1 is 1.42 bits per heavy atom. The first-order valence-electron chi connectivity index (χ1n) is 5.23. The van der Waals surface area contributed by atoms with Gasteiger partial charge in [-0.05, 0) is 26.0 Å². The van der Waals surface area contributed by atoms with Crippen molar-refractivity contribution in [2.75, 3.05) is 7.11 Å². The summed E-state index contributed by atoms with van der Waals surface area (Å²) in [5.41, 5.74) is 5.26. The van der Waals surface area contributed by atoms with Crippen molar-refractivity contribution in [2.45, 2.75) is 19.9 Å². The lowest BCUT2D eigenvalue weighted by Gasteiger charge is -2.29. The molecule has 0 saturated heterocycles. The highest BCUT2D eigenvalue weighted by molar-refractivity contribution is 6.35. The van der Waals surface area contributed by atoms with Gasteiger partial charge in [-0.25, -0.2) is 0 Å². The number of aromatic hydroxyl groups is 1. The third-order valence-corrected chi connectivity index (χ3v) is 3.40. The summed E-state index contributed by atoms with van der Waals surface area (Å²) >= 11 is 11.8. The molecule has 0 aromatic heterocycles. The third kappa shape index (κ3) is 3.66. The quantitative estimate of drug-likeness (QED) is 0.835. The second-order valence-corrected chi connectivity index (χ2v) is 5.35. The number of phenols is 1. The van der Waals surface area contributed by atoms with Crippen LogP contribution in [0.2, 0.25) is 10.0 Å². The maximum atomic E-state index is 11.7. The molecule has 0 aliphatic carbocycles. The Bertz CT molecular complexity index is 454. The van der Waals surface area contributed by atoms with Gasteiger partial charge in [0.05, 0.1) is 23.6 Å². The van der Waals surface area contributed by atoms with Crippen molar-refractivity contribution in [3.63, 3.8) is 0 Å². The summed E-state index contributed by atoms with van der Waals surface area (Å²) in [6, 6.07) is 1.98. The van der Waals surface area contributed by atoms with Gasteiger partial charge in [-0.3, -0.25) is 4.79 Å². The molecule has 0 fully saturated rings. The van der Waals surface area contributed by atoms with Gasteiger partial charge in [0.1, 0.15) is 5.75 Å². The molecule has 1 aromatic rings. The Hall–Kier alpha value is -0.680. The average molecular weight is 329 g/mol. The van der Waals surface area contributed by atoms with Gasteiger partial charge < -0.3 is 15.6 Å². The number of hydrogen-bond acceptors (Lipinski definition) is 4. The van der Waals surface area contributed by atoms with E-state index in [4.69, 9.17) is 33.7 Å². The van der Waals surface area contributed by atoms with E-state index in [1.807, 2.05) is 0 Å². The van der Waals surface area contributed by atoms with Gasteiger partial charge in [0, 0.05) is 10.6 Å². The van der Waals surface area contributed by atoms with Crippen molar-refractivity contribution in [1.29, 1.82) is 0 Å². The van der Waals surface area contributed by atoms with Gasteiger partial charge >= 0.3 is 5.97 Å². The van der Waals surface area contributed by atoms with Crippen LogP contribution in [0.15, 0.2) is 12.1 Å². The summed E-state index contributed by atoms with van der Waals surface area (Å²) < 4.78 is 4.69. The minimum absolute atomic E-state index is 0. The van der Waals surface area contributed by atoms with Crippen molar-refractivity contribution in [3.05, 3.63) is 27.7 Å². The molecule has 1 aromatic carbocycles. The number of esters is 1. The number of nitrogens with two attached hydrogens (primary N) is 1. The van der Waals surface area contributed by atoms with Crippen LogP contribution >= 0.6 is 35.6 Å². The number of methoxy groups -OCH3 is 1. The lowest BCUT2D eigenvalue weighted by atomic mass is 9.80. The molecular weight excluding hydrogens is 312 g/mol. The maximum Gasteiger partial charge on any atom is 0.313 e. The second kappa shape index (κ2) is 6.66. The van der Waals surface area contributed by atoms with E-state index < -0.39 is 17.4 Å². The largest absolute Gasteiger partial charge is 0.508 e. The summed E-state index contributed by atoms with van der Waals surface area (Å²) in [7, 11) is 1.28. The first-order chi connectivity index (χ1) is 8.21. The van der Waals surface area contributed by atoms with Gasteiger partial charge in [0.15, 0.2) is 0 Å². The van der Waals surface area contributed by atoms with Crippen molar-refractivity contribution in [2.24, 2.45) is 11.1 Å². The number of carbonyl (C=O) groups excluding carboxylic acids is 1. The maximum absolute atomic E-state index is 11.7. The zero-order chi connectivity index (χ0) is 14.1.